The molecule has 0 unspecified atom stereocenters. The second-order valence-electron chi connectivity index (χ2n) is 4.19. The van der Waals surface area contributed by atoms with Crippen LogP contribution in [-0.2, 0) is 6.18 Å². The zero-order valence-electron chi connectivity index (χ0n) is 10.7. The number of anilines is 1. The van der Waals surface area contributed by atoms with Gasteiger partial charge < -0.3 is 16.0 Å². The van der Waals surface area contributed by atoms with Gasteiger partial charge in [0.2, 0.25) is 0 Å². The number of benzene rings is 1. The number of carbonyl (C=O) groups excluding carboxylic acids is 2. The number of aromatic amines is 1. The summed E-state index contributed by atoms with van der Waals surface area (Å²) in [5.74, 6) is -3.42. The minimum absolute atomic E-state index is 0.0726. The fraction of sp³-hybridized carbons (Fsp3) is 0.0833. The highest BCUT2D eigenvalue weighted by Crippen LogP contribution is 2.30. The van der Waals surface area contributed by atoms with Gasteiger partial charge in [-0.25, -0.2) is 9.37 Å². The molecule has 2 aromatic rings. The van der Waals surface area contributed by atoms with Crippen molar-refractivity contribution in [1.82, 2.24) is 9.97 Å². The molecule has 0 aliphatic rings. The van der Waals surface area contributed by atoms with Crippen LogP contribution in [0, 0.1) is 5.82 Å². The molecule has 2 amide bonds. The minimum Gasteiger partial charge on any atom is -0.363 e. The predicted octanol–water partition coefficient (Wildman–Crippen LogP) is 1.92. The van der Waals surface area contributed by atoms with Gasteiger partial charge in [0.1, 0.15) is 11.6 Å². The molecule has 0 saturated heterocycles. The number of H-pyrrole nitrogens is 1. The molecule has 1 aromatic carbocycles. The molecule has 6 nitrogen and oxygen atoms in total. The summed E-state index contributed by atoms with van der Waals surface area (Å²) in [6.45, 7) is 0. The van der Waals surface area contributed by atoms with Crippen molar-refractivity contribution in [2.75, 3.05) is 5.32 Å². The maximum Gasteiger partial charge on any atom is 0.416 e. The molecule has 0 atom stereocenters. The number of imidazole rings is 1. The molecule has 1 heterocycles. The average molecular weight is 316 g/mol. The lowest BCUT2D eigenvalue weighted by Crippen LogP contribution is -2.16. The average Bonchev–Trinajstić information content (AvgIpc) is 2.85. The number of primary amides is 1. The summed E-state index contributed by atoms with van der Waals surface area (Å²) in [7, 11) is 0. The molecule has 0 fully saturated rings. The Labute approximate surface area is 120 Å². The highest BCUT2D eigenvalue weighted by atomic mass is 19.4. The minimum atomic E-state index is -4.79. The molecular formula is C12H8F4N4O2. The number of nitrogens with zero attached hydrogens (tertiary/aromatic N) is 1. The van der Waals surface area contributed by atoms with E-state index >= 15 is 0 Å². The molecule has 0 aliphatic carbocycles. The van der Waals surface area contributed by atoms with Crippen LogP contribution < -0.4 is 11.1 Å². The molecule has 0 radical (unpaired) electrons. The Morgan fingerprint density at radius 1 is 1.23 bits per heavy atom. The third-order valence-electron chi connectivity index (χ3n) is 2.54. The van der Waals surface area contributed by atoms with Gasteiger partial charge in [0.15, 0.2) is 5.82 Å². The van der Waals surface area contributed by atoms with E-state index in [9.17, 15) is 27.2 Å². The van der Waals surface area contributed by atoms with E-state index in [1.165, 1.54) is 0 Å². The molecule has 10 heteroatoms. The van der Waals surface area contributed by atoms with E-state index in [0.29, 0.717) is 12.1 Å². The van der Waals surface area contributed by atoms with Gasteiger partial charge in [-0.1, -0.05) is 0 Å². The van der Waals surface area contributed by atoms with Crippen molar-refractivity contribution in [1.29, 1.82) is 0 Å². The number of rotatable bonds is 3. The lowest BCUT2D eigenvalue weighted by atomic mass is 10.1. The SMILES string of the molecule is NC(=O)c1ncc(NC(=O)c2cc(F)cc(C(F)(F)F)c2)[nH]1. The molecular weight excluding hydrogens is 308 g/mol. The predicted molar refractivity (Wildman–Crippen MR) is 66.5 cm³/mol. The lowest BCUT2D eigenvalue weighted by Gasteiger charge is -2.09. The number of carbonyl (C=O) groups is 2. The van der Waals surface area contributed by atoms with E-state index in [1.54, 1.807) is 0 Å². The molecule has 2 rings (SSSR count). The summed E-state index contributed by atoms with van der Waals surface area (Å²) in [5, 5.41) is 2.14. The molecule has 0 spiro atoms. The van der Waals surface area contributed by atoms with Gasteiger partial charge in [-0.2, -0.15) is 13.2 Å². The molecule has 0 aliphatic heterocycles. The van der Waals surface area contributed by atoms with E-state index in [4.69, 9.17) is 5.73 Å². The lowest BCUT2D eigenvalue weighted by molar-refractivity contribution is -0.137. The van der Waals surface area contributed by atoms with Crippen molar-refractivity contribution < 1.29 is 27.2 Å². The first-order valence-corrected chi connectivity index (χ1v) is 5.71. The first-order chi connectivity index (χ1) is 10.2. The fourth-order valence-corrected chi connectivity index (χ4v) is 1.59. The van der Waals surface area contributed by atoms with Crippen molar-refractivity contribution in [2.45, 2.75) is 6.18 Å². The van der Waals surface area contributed by atoms with Crippen molar-refractivity contribution in [3.63, 3.8) is 0 Å². The number of alkyl halides is 3. The zero-order valence-corrected chi connectivity index (χ0v) is 10.7. The van der Waals surface area contributed by atoms with E-state index in [-0.39, 0.29) is 17.7 Å². The van der Waals surface area contributed by atoms with Crippen molar-refractivity contribution in [3.05, 3.63) is 47.2 Å². The Hall–Kier alpha value is -2.91. The van der Waals surface area contributed by atoms with Crippen LogP contribution in [0.5, 0.6) is 0 Å². The van der Waals surface area contributed by atoms with E-state index in [1.807, 2.05) is 0 Å². The third kappa shape index (κ3) is 3.40. The second-order valence-corrected chi connectivity index (χ2v) is 4.19. The summed E-state index contributed by atoms with van der Waals surface area (Å²) < 4.78 is 50.9. The molecule has 4 N–H and O–H groups in total. The number of aromatic nitrogens is 2. The maximum atomic E-state index is 13.2. The van der Waals surface area contributed by atoms with Crippen LogP contribution in [0.15, 0.2) is 24.4 Å². The van der Waals surface area contributed by atoms with Gasteiger partial charge in [-0.3, -0.25) is 9.59 Å². The standard InChI is InChI=1S/C12H8F4N4O2/c13-7-2-5(1-6(3-7)12(14,15)16)11(22)20-8-4-18-10(19-8)9(17)21/h1-4H,(H2,17,21)(H,18,19)(H,20,22). The Morgan fingerprint density at radius 2 is 1.91 bits per heavy atom. The van der Waals surface area contributed by atoms with E-state index in [0.717, 1.165) is 6.20 Å². The summed E-state index contributed by atoms with van der Waals surface area (Å²) in [4.78, 5) is 28.5. The van der Waals surface area contributed by atoms with Crippen LogP contribution in [0.2, 0.25) is 0 Å². The largest absolute Gasteiger partial charge is 0.416 e. The van der Waals surface area contributed by atoms with Gasteiger partial charge >= 0.3 is 6.18 Å². The van der Waals surface area contributed by atoms with Gasteiger partial charge in [0.05, 0.1) is 11.8 Å². The second kappa shape index (κ2) is 5.47. The van der Waals surface area contributed by atoms with Gasteiger partial charge in [0.25, 0.3) is 11.8 Å². The third-order valence-corrected chi connectivity index (χ3v) is 2.54. The number of nitrogens with one attached hydrogen (secondary N) is 2. The van der Waals surface area contributed by atoms with Gasteiger partial charge in [0, 0.05) is 5.56 Å². The number of amides is 2. The normalized spacial score (nSPS) is 11.3. The van der Waals surface area contributed by atoms with Crippen LogP contribution in [0.1, 0.15) is 26.5 Å². The first-order valence-electron chi connectivity index (χ1n) is 5.71. The van der Waals surface area contributed by atoms with Crippen LogP contribution in [-0.4, -0.2) is 21.8 Å². The number of halogens is 4. The smallest absolute Gasteiger partial charge is 0.363 e. The molecule has 0 bridgehead atoms. The summed E-state index contributed by atoms with van der Waals surface area (Å²) in [5.41, 5.74) is 3.11. The fourth-order valence-electron chi connectivity index (χ4n) is 1.59. The Bertz CT molecular complexity index is 739. The Balaban J connectivity index is 2.25. The topological polar surface area (TPSA) is 101 Å². The van der Waals surface area contributed by atoms with E-state index in [2.05, 4.69) is 15.3 Å². The van der Waals surface area contributed by atoms with Crippen LogP contribution >= 0.6 is 0 Å². The van der Waals surface area contributed by atoms with Crippen molar-refractivity contribution in [3.8, 4) is 0 Å². The Kier molecular flexibility index (Phi) is 3.85. The maximum absolute atomic E-state index is 13.2. The summed E-state index contributed by atoms with van der Waals surface area (Å²) >= 11 is 0. The molecule has 22 heavy (non-hydrogen) atoms. The zero-order chi connectivity index (χ0) is 16.5. The Morgan fingerprint density at radius 3 is 2.45 bits per heavy atom. The van der Waals surface area contributed by atoms with E-state index < -0.39 is 34.9 Å². The van der Waals surface area contributed by atoms with Crippen LogP contribution in [0.4, 0.5) is 23.4 Å². The highest BCUT2D eigenvalue weighted by Gasteiger charge is 2.32. The highest BCUT2D eigenvalue weighted by molar-refractivity contribution is 6.04. The monoisotopic (exact) mass is 316 g/mol. The molecule has 116 valence electrons. The van der Waals surface area contributed by atoms with Crippen LogP contribution in [0.25, 0.3) is 0 Å². The number of hydrogen-bond donors (Lipinski definition) is 3. The van der Waals surface area contributed by atoms with Gasteiger partial charge in [-0.05, 0) is 18.2 Å². The molecule has 1 aromatic heterocycles. The number of nitrogens with two attached hydrogens (primary N) is 1. The van der Waals surface area contributed by atoms with Crippen LogP contribution in [0.3, 0.4) is 0 Å². The summed E-state index contributed by atoms with van der Waals surface area (Å²) in [6, 6.07) is 1.43. The summed E-state index contributed by atoms with van der Waals surface area (Å²) in [6.07, 6.45) is -3.74. The molecule has 0 saturated carbocycles. The first kappa shape index (κ1) is 15.5. The van der Waals surface area contributed by atoms with Gasteiger partial charge in [-0.15, -0.1) is 0 Å². The quantitative estimate of drug-likeness (QED) is 0.754. The number of hydrogen-bond acceptors (Lipinski definition) is 3. The van der Waals surface area contributed by atoms with Crippen molar-refractivity contribution >= 4 is 17.6 Å². The van der Waals surface area contributed by atoms with Crippen molar-refractivity contribution in [2.24, 2.45) is 5.73 Å².